The Hall–Kier alpha value is -2.14. The van der Waals surface area contributed by atoms with Gasteiger partial charge in [-0.2, -0.15) is 18.2 Å². The molecule has 0 N–H and O–H groups in total. The molecule has 2 aliphatic rings. The molecule has 7 nitrogen and oxygen atoms in total. The average Bonchev–Trinajstić information content (AvgIpc) is 3.14. The Bertz CT molecular complexity index is 886. The normalized spacial score (nSPS) is 23.0. The van der Waals surface area contributed by atoms with Gasteiger partial charge in [0.05, 0.1) is 37.0 Å². The van der Waals surface area contributed by atoms with Crippen LogP contribution in [0.3, 0.4) is 0 Å². The number of alkyl halides is 3. The van der Waals surface area contributed by atoms with E-state index in [0.717, 1.165) is 4.90 Å². The minimum Gasteiger partial charge on any atom is -0.377 e. The molecular formula is C17H20F3N5O2S. The second-order valence-corrected chi connectivity index (χ2v) is 7.69. The highest BCUT2D eigenvalue weighted by molar-refractivity contribution is 7.07. The number of halogens is 3. The summed E-state index contributed by atoms with van der Waals surface area (Å²) in [5.74, 6) is 0.431. The fraction of sp³-hybridized carbons (Fsp3) is 0.588. The average molecular weight is 415 g/mol. The van der Waals surface area contributed by atoms with E-state index in [4.69, 9.17) is 4.74 Å². The van der Waals surface area contributed by atoms with Crippen molar-refractivity contribution in [3.8, 4) is 0 Å². The second-order valence-electron chi connectivity index (χ2n) is 6.98. The first-order chi connectivity index (χ1) is 13.3. The van der Waals surface area contributed by atoms with Crippen LogP contribution in [0.25, 0.3) is 0 Å². The molecule has 0 unspecified atom stereocenters. The Labute approximate surface area is 163 Å². The van der Waals surface area contributed by atoms with E-state index in [-0.39, 0.29) is 37.1 Å². The molecule has 0 radical (unpaired) electrons. The summed E-state index contributed by atoms with van der Waals surface area (Å²) in [6, 6.07) is -0.323. The van der Waals surface area contributed by atoms with E-state index in [1.165, 1.54) is 22.0 Å². The summed E-state index contributed by atoms with van der Waals surface area (Å²) in [5.41, 5.74) is 1.75. The summed E-state index contributed by atoms with van der Waals surface area (Å²) in [7, 11) is 0. The van der Waals surface area contributed by atoms with Gasteiger partial charge in [-0.05, 0) is 13.3 Å². The molecule has 2 atom stereocenters. The van der Waals surface area contributed by atoms with Crippen molar-refractivity contribution in [2.75, 3.05) is 29.6 Å². The number of hydrogen-bond acceptors (Lipinski definition) is 7. The molecule has 4 rings (SSSR count). The van der Waals surface area contributed by atoms with Gasteiger partial charge in [-0.1, -0.05) is 0 Å². The van der Waals surface area contributed by atoms with Crippen molar-refractivity contribution in [2.24, 2.45) is 0 Å². The number of fused-ring (bicyclic) bond motifs is 1. The summed E-state index contributed by atoms with van der Waals surface area (Å²) >= 11 is 1.32. The van der Waals surface area contributed by atoms with Crippen LogP contribution >= 0.6 is 11.3 Å². The van der Waals surface area contributed by atoms with Gasteiger partial charge >= 0.3 is 6.18 Å². The van der Waals surface area contributed by atoms with Gasteiger partial charge < -0.3 is 14.5 Å². The van der Waals surface area contributed by atoms with Gasteiger partial charge in [0.25, 0.3) is 5.56 Å². The largest absolute Gasteiger partial charge is 0.408 e. The van der Waals surface area contributed by atoms with Gasteiger partial charge in [0.15, 0.2) is 0 Å². The first-order valence-corrected chi connectivity index (χ1v) is 9.95. The Kier molecular flexibility index (Phi) is 5.04. The number of anilines is 2. The third-order valence-corrected chi connectivity index (χ3v) is 5.72. The Morgan fingerprint density at radius 3 is 2.86 bits per heavy atom. The molecule has 0 spiro atoms. The monoisotopic (exact) mass is 415 g/mol. The lowest BCUT2D eigenvalue weighted by Gasteiger charge is -2.40. The molecular weight excluding hydrogens is 395 g/mol. The van der Waals surface area contributed by atoms with Crippen LogP contribution in [0.15, 0.2) is 21.8 Å². The Morgan fingerprint density at radius 2 is 2.18 bits per heavy atom. The van der Waals surface area contributed by atoms with Crippen molar-refractivity contribution >= 4 is 23.1 Å². The number of morpholine rings is 1. The third-order valence-electron chi connectivity index (χ3n) is 5.09. The van der Waals surface area contributed by atoms with E-state index in [1.54, 1.807) is 10.9 Å². The second kappa shape index (κ2) is 7.36. The molecule has 0 aromatic carbocycles. The van der Waals surface area contributed by atoms with Gasteiger partial charge in [-0.15, -0.1) is 11.3 Å². The highest BCUT2D eigenvalue weighted by Crippen LogP contribution is 2.35. The van der Waals surface area contributed by atoms with E-state index < -0.39 is 12.2 Å². The number of hydrogen-bond donors (Lipinski definition) is 0. The van der Waals surface area contributed by atoms with Gasteiger partial charge in [0.1, 0.15) is 11.9 Å². The van der Waals surface area contributed by atoms with Crippen molar-refractivity contribution in [2.45, 2.75) is 44.7 Å². The zero-order chi connectivity index (χ0) is 19.9. The van der Waals surface area contributed by atoms with E-state index in [2.05, 4.69) is 9.97 Å². The lowest BCUT2D eigenvalue weighted by Crippen LogP contribution is -2.52. The summed E-state index contributed by atoms with van der Waals surface area (Å²) in [6.45, 7) is 3.36. The number of nitrogens with zero attached hydrogens (tertiary/aromatic N) is 5. The quantitative estimate of drug-likeness (QED) is 0.767. The molecule has 2 aromatic heterocycles. The van der Waals surface area contributed by atoms with Crippen molar-refractivity contribution < 1.29 is 17.9 Å². The summed E-state index contributed by atoms with van der Waals surface area (Å²) < 4.78 is 47.9. The lowest BCUT2D eigenvalue weighted by molar-refractivity contribution is -0.153. The molecule has 0 aliphatic carbocycles. The first-order valence-electron chi connectivity index (χ1n) is 9.01. The highest BCUT2D eigenvalue weighted by atomic mass is 32.1. The van der Waals surface area contributed by atoms with Crippen LogP contribution in [0.2, 0.25) is 0 Å². The predicted octanol–water partition coefficient (Wildman–Crippen LogP) is 2.27. The summed E-state index contributed by atoms with van der Waals surface area (Å²) in [5, 5.41) is 1.71. The lowest BCUT2D eigenvalue weighted by atomic mass is 10.1. The van der Waals surface area contributed by atoms with Crippen LogP contribution in [0, 0.1) is 0 Å². The standard InChI is InChI=1S/C17H20F3N5O2S/c1-11-8-27-5-4-23(11)14-6-15(26)24-3-2-13(17(18,19)20)25(16(24)22-14)7-12-9-28-10-21-12/h6,9-11,13H,2-5,7-8H2,1H3/t11-,13+/m1/s1. The fourth-order valence-corrected chi connectivity index (χ4v) is 4.23. The molecule has 1 saturated heterocycles. The van der Waals surface area contributed by atoms with Crippen LogP contribution in [-0.4, -0.2) is 52.6 Å². The van der Waals surface area contributed by atoms with Gasteiger partial charge in [0.2, 0.25) is 5.95 Å². The molecule has 4 heterocycles. The minimum absolute atomic E-state index is 0.0160. The maximum absolute atomic E-state index is 13.7. The summed E-state index contributed by atoms with van der Waals surface area (Å²) in [4.78, 5) is 24.4. The van der Waals surface area contributed by atoms with E-state index in [9.17, 15) is 18.0 Å². The van der Waals surface area contributed by atoms with Crippen LogP contribution in [-0.2, 0) is 17.8 Å². The first kappa shape index (κ1) is 19.2. The molecule has 0 saturated carbocycles. The molecule has 152 valence electrons. The van der Waals surface area contributed by atoms with Crippen LogP contribution < -0.4 is 15.4 Å². The zero-order valence-electron chi connectivity index (χ0n) is 15.2. The molecule has 1 fully saturated rings. The molecule has 0 amide bonds. The van der Waals surface area contributed by atoms with Crippen LogP contribution in [0.5, 0.6) is 0 Å². The number of ether oxygens (including phenoxy) is 1. The van der Waals surface area contributed by atoms with Crippen LogP contribution in [0.1, 0.15) is 19.0 Å². The fourth-order valence-electron chi connectivity index (χ4n) is 3.68. The predicted molar refractivity (Wildman–Crippen MR) is 98.9 cm³/mol. The van der Waals surface area contributed by atoms with Crippen molar-refractivity contribution in [1.29, 1.82) is 0 Å². The Balaban J connectivity index is 1.78. The van der Waals surface area contributed by atoms with Crippen molar-refractivity contribution in [3.05, 3.63) is 33.0 Å². The number of thiazole rings is 1. The van der Waals surface area contributed by atoms with Gasteiger partial charge in [-0.3, -0.25) is 9.36 Å². The maximum Gasteiger partial charge on any atom is 0.408 e. The number of aromatic nitrogens is 3. The summed E-state index contributed by atoms with van der Waals surface area (Å²) in [6.07, 6.45) is -4.63. The van der Waals surface area contributed by atoms with E-state index >= 15 is 0 Å². The third kappa shape index (κ3) is 3.60. The van der Waals surface area contributed by atoms with Crippen LogP contribution in [0.4, 0.5) is 24.9 Å². The SMILES string of the molecule is C[C@@H]1COCCN1c1cc(=O)n2c(n1)N(Cc1cscn1)[C@H](C(F)(F)F)CC2. The molecule has 2 aliphatic heterocycles. The number of rotatable bonds is 3. The van der Waals surface area contributed by atoms with Crippen molar-refractivity contribution in [3.63, 3.8) is 0 Å². The van der Waals surface area contributed by atoms with E-state index in [1.807, 2.05) is 11.8 Å². The molecule has 2 aromatic rings. The highest BCUT2D eigenvalue weighted by Gasteiger charge is 2.47. The maximum atomic E-state index is 13.7. The molecule has 11 heteroatoms. The molecule has 28 heavy (non-hydrogen) atoms. The smallest absolute Gasteiger partial charge is 0.377 e. The topological polar surface area (TPSA) is 63.5 Å². The van der Waals surface area contributed by atoms with Gasteiger partial charge in [0, 0.05) is 24.5 Å². The van der Waals surface area contributed by atoms with Crippen molar-refractivity contribution in [1.82, 2.24) is 14.5 Å². The van der Waals surface area contributed by atoms with Gasteiger partial charge in [-0.25, -0.2) is 4.98 Å². The van der Waals surface area contributed by atoms with E-state index in [0.29, 0.717) is 31.3 Å². The minimum atomic E-state index is -4.43. The molecule has 0 bridgehead atoms. The zero-order valence-corrected chi connectivity index (χ0v) is 16.0. The Morgan fingerprint density at radius 1 is 1.36 bits per heavy atom.